The van der Waals surface area contributed by atoms with Gasteiger partial charge in [-0.25, -0.2) is 4.98 Å². The van der Waals surface area contributed by atoms with Crippen LogP contribution in [0, 0.1) is 0 Å². The van der Waals surface area contributed by atoms with Gasteiger partial charge in [-0.05, 0) is 14.0 Å². The lowest BCUT2D eigenvalue weighted by atomic mass is 10.2. The number of ether oxygens (including phenoxy) is 1. The fraction of sp³-hybridized carbons (Fsp3) is 0.769. The van der Waals surface area contributed by atoms with Gasteiger partial charge in [0.1, 0.15) is 6.26 Å². The summed E-state index contributed by atoms with van der Waals surface area (Å²) in [6.45, 7) is 6.87. The maximum Gasteiger partial charge on any atom is 0.195 e. The van der Waals surface area contributed by atoms with Gasteiger partial charge in [0.15, 0.2) is 5.89 Å². The van der Waals surface area contributed by atoms with Crippen LogP contribution in [0.15, 0.2) is 10.7 Å². The van der Waals surface area contributed by atoms with Gasteiger partial charge >= 0.3 is 0 Å². The van der Waals surface area contributed by atoms with Crippen LogP contribution < -0.4 is 5.32 Å². The van der Waals surface area contributed by atoms with Crippen molar-refractivity contribution in [1.29, 1.82) is 0 Å². The van der Waals surface area contributed by atoms with Crippen molar-refractivity contribution >= 4 is 0 Å². The summed E-state index contributed by atoms with van der Waals surface area (Å²) < 4.78 is 10.8. The van der Waals surface area contributed by atoms with Crippen LogP contribution in [0.1, 0.15) is 18.5 Å². The molecule has 18 heavy (non-hydrogen) atoms. The Bertz CT molecular complexity index is 348. The summed E-state index contributed by atoms with van der Waals surface area (Å²) in [7, 11) is 1.96. The van der Waals surface area contributed by atoms with Gasteiger partial charge in [-0.3, -0.25) is 4.90 Å². The van der Waals surface area contributed by atoms with Crippen LogP contribution >= 0.6 is 0 Å². The molecule has 1 atom stereocenters. The van der Waals surface area contributed by atoms with E-state index in [1.165, 1.54) is 0 Å². The Balaban J connectivity index is 1.75. The van der Waals surface area contributed by atoms with E-state index in [1.54, 1.807) is 6.26 Å². The van der Waals surface area contributed by atoms with Crippen LogP contribution in [0.5, 0.6) is 0 Å². The van der Waals surface area contributed by atoms with E-state index >= 15 is 0 Å². The molecule has 0 aromatic carbocycles. The first-order chi connectivity index (χ1) is 8.78. The molecule has 0 bridgehead atoms. The fourth-order valence-electron chi connectivity index (χ4n) is 2.05. The molecular formula is C13H23N3O2. The lowest BCUT2D eigenvalue weighted by Gasteiger charge is -2.25. The van der Waals surface area contributed by atoms with E-state index < -0.39 is 0 Å². The van der Waals surface area contributed by atoms with Crippen molar-refractivity contribution in [3.05, 3.63) is 17.8 Å². The minimum atomic E-state index is 0.433. The highest BCUT2D eigenvalue weighted by Crippen LogP contribution is 2.07. The highest BCUT2D eigenvalue weighted by Gasteiger charge is 2.12. The summed E-state index contributed by atoms with van der Waals surface area (Å²) in [5, 5.41) is 3.20. The molecule has 0 amide bonds. The first-order valence-corrected chi connectivity index (χ1v) is 6.68. The predicted molar refractivity (Wildman–Crippen MR) is 69.7 cm³/mol. The number of morpholine rings is 1. The van der Waals surface area contributed by atoms with Gasteiger partial charge in [0.25, 0.3) is 0 Å². The molecule has 2 heterocycles. The van der Waals surface area contributed by atoms with Crippen molar-refractivity contribution in [2.75, 3.05) is 39.9 Å². The van der Waals surface area contributed by atoms with Crippen molar-refractivity contribution in [3.63, 3.8) is 0 Å². The third kappa shape index (κ3) is 4.08. The van der Waals surface area contributed by atoms with E-state index in [2.05, 4.69) is 22.1 Å². The summed E-state index contributed by atoms with van der Waals surface area (Å²) in [5.74, 6) is 0.847. The zero-order valence-electron chi connectivity index (χ0n) is 11.3. The maximum absolute atomic E-state index is 5.50. The second kappa shape index (κ2) is 6.87. The summed E-state index contributed by atoms with van der Waals surface area (Å²) in [6, 6.07) is 0.433. The molecule has 1 fully saturated rings. The zero-order valence-corrected chi connectivity index (χ0v) is 11.3. The van der Waals surface area contributed by atoms with E-state index in [9.17, 15) is 0 Å². The number of hydrogen-bond donors (Lipinski definition) is 1. The number of likely N-dealkylation sites (N-methyl/N-ethyl adjacent to an activating group) is 1. The molecule has 5 heteroatoms. The van der Waals surface area contributed by atoms with E-state index in [0.29, 0.717) is 6.04 Å². The smallest absolute Gasteiger partial charge is 0.195 e. The monoisotopic (exact) mass is 253 g/mol. The fourth-order valence-corrected chi connectivity index (χ4v) is 2.05. The van der Waals surface area contributed by atoms with E-state index in [0.717, 1.165) is 57.3 Å². The van der Waals surface area contributed by atoms with Gasteiger partial charge in [0, 0.05) is 38.5 Å². The highest BCUT2D eigenvalue weighted by molar-refractivity contribution is 4.99. The van der Waals surface area contributed by atoms with Crippen molar-refractivity contribution in [2.45, 2.75) is 25.8 Å². The Morgan fingerprint density at radius 2 is 2.22 bits per heavy atom. The number of nitrogens with zero attached hydrogens (tertiary/aromatic N) is 2. The molecule has 1 aromatic heterocycles. The van der Waals surface area contributed by atoms with Gasteiger partial charge in [-0.1, -0.05) is 0 Å². The molecule has 5 nitrogen and oxygen atoms in total. The van der Waals surface area contributed by atoms with Gasteiger partial charge < -0.3 is 14.5 Å². The second-order valence-electron chi connectivity index (χ2n) is 4.83. The Hall–Kier alpha value is -0.910. The van der Waals surface area contributed by atoms with E-state index in [4.69, 9.17) is 9.15 Å². The molecule has 1 unspecified atom stereocenters. The molecule has 102 valence electrons. The summed E-state index contributed by atoms with van der Waals surface area (Å²) >= 11 is 0. The maximum atomic E-state index is 5.50. The molecule has 0 radical (unpaired) electrons. The van der Waals surface area contributed by atoms with E-state index in [1.807, 2.05) is 7.05 Å². The number of oxazole rings is 1. The minimum absolute atomic E-state index is 0.433. The molecular weight excluding hydrogens is 230 g/mol. The Morgan fingerprint density at radius 3 is 2.94 bits per heavy atom. The summed E-state index contributed by atoms with van der Waals surface area (Å²) in [6.07, 6.45) is 3.58. The van der Waals surface area contributed by atoms with Crippen molar-refractivity contribution in [3.8, 4) is 0 Å². The number of aromatic nitrogens is 1. The van der Waals surface area contributed by atoms with E-state index in [-0.39, 0.29) is 0 Å². The first kappa shape index (κ1) is 13.5. The Morgan fingerprint density at radius 1 is 1.44 bits per heavy atom. The van der Waals surface area contributed by atoms with Crippen molar-refractivity contribution < 1.29 is 9.15 Å². The van der Waals surface area contributed by atoms with Crippen LogP contribution in [0.25, 0.3) is 0 Å². The highest BCUT2D eigenvalue weighted by atomic mass is 16.5. The number of nitrogens with one attached hydrogen (secondary N) is 1. The molecule has 1 aliphatic heterocycles. The van der Waals surface area contributed by atoms with Crippen LogP contribution in [-0.4, -0.2) is 55.8 Å². The van der Waals surface area contributed by atoms with Crippen molar-refractivity contribution in [1.82, 2.24) is 15.2 Å². The molecule has 1 aromatic rings. The third-order valence-electron chi connectivity index (χ3n) is 3.35. The van der Waals surface area contributed by atoms with Gasteiger partial charge in [0.05, 0.1) is 18.9 Å². The molecule has 0 spiro atoms. The lowest BCUT2D eigenvalue weighted by Crippen LogP contribution is -2.37. The average molecular weight is 253 g/mol. The lowest BCUT2D eigenvalue weighted by molar-refractivity contribution is 0.0377. The molecule has 2 rings (SSSR count). The number of rotatable bonds is 6. The van der Waals surface area contributed by atoms with Crippen molar-refractivity contribution in [2.24, 2.45) is 0 Å². The Labute approximate surface area is 109 Å². The van der Waals surface area contributed by atoms with Gasteiger partial charge in [0.2, 0.25) is 0 Å². The molecule has 1 N–H and O–H groups in total. The standard InChI is InChI=1S/C13H23N3O2/c1-11(14-2)9-12-10-18-13(15-12)3-4-16-5-7-17-8-6-16/h10-11,14H,3-9H2,1-2H3. The first-order valence-electron chi connectivity index (χ1n) is 6.68. The predicted octanol–water partition coefficient (Wildman–Crippen LogP) is 0.700. The largest absolute Gasteiger partial charge is 0.449 e. The topological polar surface area (TPSA) is 50.5 Å². The molecule has 0 aliphatic carbocycles. The zero-order chi connectivity index (χ0) is 12.8. The normalized spacial score (nSPS) is 19.0. The van der Waals surface area contributed by atoms with Gasteiger partial charge in [-0.2, -0.15) is 0 Å². The summed E-state index contributed by atoms with van der Waals surface area (Å²) in [5.41, 5.74) is 1.04. The second-order valence-corrected chi connectivity index (χ2v) is 4.83. The van der Waals surface area contributed by atoms with Crippen LogP contribution in [0.3, 0.4) is 0 Å². The Kier molecular flexibility index (Phi) is 5.16. The van der Waals surface area contributed by atoms with Crippen LogP contribution in [-0.2, 0) is 17.6 Å². The molecule has 1 saturated heterocycles. The van der Waals surface area contributed by atoms with Gasteiger partial charge in [-0.15, -0.1) is 0 Å². The number of hydrogen-bond acceptors (Lipinski definition) is 5. The quantitative estimate of drug-likeness (QED) is 0.809. The average Bonchev–Trinajstić information content (AvgIpc) is 2.85. The van der Waals surface area contributed by atoms with Crippen LogP contribution in [0.2, 0.25) is 0 Å². The molecule has 1 aliphatic rings. The third-order valence-corrected chi connectivity index (χ3v) is 3.35. The minimum Gasteiger partial charge on any atom is -0.449 e. The summed E-state index contributed by atoms with van der Waals surface area (Å²) in [4.78, 5) is 6.91. The van der Waals surface area contributed by atoms with Crippen LogP contribution in [0.4, 0.5) is 0 Å². The molecule has 0 saturated carbocycles. The SMILES string of the molecule is CNC(C)Cc1coc(CCN2CCOCC2)n1.